The fourth-order valence-corrected chi connectivity index (χ4v) is 7.31. The van der Waals surface area contributed by atoms with E-state index in [9.17, 15) is 42.6 Å². The molecule has 19 heavy (non-hydrogen) atoms. The summed E-state index contributed by atoms with van der Waals surface area (Å²) in [6.45, 7) is 0. The van der Waals surface area contributed by atoms with Crippen LogP contribution in [0.2, 0.25) is 0 Å². The molecule has 1 heterocycles. The molecular weight excluding hydrogens is 379 g/mol. The zero-order valence-corrected chi connectivity index (χ0v) is 11.3. The Morgan fingerprint density at radius 2 is 1.26 bits per heavy atom. The van der Waals surface area contributed by atoms with Gasteiger partial charge in [0.15, 0.2) is 0 Å². The van der Waals surface area contributed by atoms with Crippen LogP contribution in [-0.2, 0) is 14.1 Å². The van der Waals surface area contributed by atoms with Crippen LogP contribution in [0.15, 0.2) is 13.5 Å². The van der Waals surface area contributed by atoms with Crippen LogP contribution in [0.3, 0.4) is 0 Å². The van der Waals surface area contributed by atoms with Crippen LogP contribution in [-0.4, -0.2) is 13.9 Å². The van der Waals surface area contributed by atoms with Gasteiger partial charge < -0.3 is 0 Å². The van der Waals surface area contributed by atoms with Crippen molar-refractivity contribution in [3.05, 3.63) is 0 Å². The van der Waals surface area contributed by atoms with E-state index in [1.165, 1.54) is 4.52 Å². The number of nitrogens with zero attached hydrogens (tertiary/aromatic N) is 3. The molecule has 1 rings (SSSR count). The SMILES string of the molecule is O=S(=O)(OP1(F)=NP(F)(F)=NP(F)(F)=N1)C(F)(F)F. The predicted octanol–water partition coefficient (Wildman–Crippen LogP) is 5.55. The highest BCUT2D eigenvalue weighted by Gasteiger charge is 2.53. The highest BCUT2D eigenvalue weighted by molar-refractivity contribution is 7.93. The van der Waals surface area contributed by atoms with Crippen molar-refractivity contribution in [2.75, 3.05) is 0 Å². The van der Waals surface area contributed by atoms with Crippen LogP contribution in [0.5, 0.6) is 0 Å². The molecule has 0 N–H and O–H groups in total. The Bertz CT molecular complexity index is 643. The van der Waals surface area contributed by atoms with Gasteiger partial charge in [-0.2, -0.15) is 29.8 Å². The van der Waals surface area contributed by atoms with Crippen molar-refractivity contribution in [1.29, 1.82) is 0 Å². The third kappa shape index (κ3) is 4.25. The number of alkyl halides is 3. The molecule has 1 aliphatic rings. The van der Waals surface area contributed by atoms with Crippen molar-refractivity contribution in [1.82, 2.24) is 0 Å². The molecule has 0 saturated carbocycles. The van der Waals surface area contributed by atoms with Crippen molar-refractivity contribution < 1.29 is 46.5 Å². The average Bonchev–Trinajstić information content (AvgIpc) is 1.88. The first-order valence-corrected chi connectivity index (χ1v) is 9.36. The fraction of sp³-hybridized carbons (Fsp3) is 1.00. The average molecular weight is 379 g/mol. The van der Waals surface area contributed by atoms with Crippen molar-refractivity contribution in [3.8, 4) is 0 Å². The van der Waals surface area contributed by atoms with Crippen LogP contribution in [0, 0.1) is 0 Å². The van der Waals surface area contributed by atoms with Crippen LogP contribution >= 0.6 is 23.4 Å². The van der Waals surface area contributed by atoms with Crippen molar-refractivity contribution in [2.24, 2.45) is 13.5 Å². The lowest BCUT2D eigenvalue weighted by Gasteiger charge is -2.16. The molecule has 18 heteroatoms. The second kappa shape index (κ2) is 4.52. The summed E-state index contributed by atoms with van der Waals surface area (Å²) >= 11 is 0. The predicted molar refractivity (Wildman–Crippen MR) is 49.6 cm³/mol. The van der Waals surface area contributed by atoms with Crippen molar-refractivity contribution >= 4 is 33.5 Å². The van der Waals surface area contributed by atoms with Gasteiger partial charge in [-0.1, -0.05) is 0 Å². The summed E-state index contributed by atoms with van der Waals surface area (Å²) in [4.78, 5) is 0. The lowest BCUT2D eigenvalue weighted by molar-refractivity contribution is -0.0499. The summed E-state index contributed by atoms with van der Waals surface area (Å²) in [7, 11) is -25.8. The van der Waals surface area contributed by atoms with E-state index in [1.54, 1.807) is 9.03 Å². The van der Waals surface area contributed by atoms with E-state index in [1.807, 2.05) is 0 Å². The molecule has 0 spiro atoms. The van der Waals surface area contributed by atoms with Gasteiger partial charge in [0, 0.05) is 0 Å². The summed E-state index contributed by atoms with van der Waals surface area (Å²) < 4.78 is 127. The molecule has 0 aromatic heterocycles. The van der Waals surface area contributed by atoms with Gasteiger partial charge in [-0.25, -0.2) is 0 Å². The molecule has 0 aliphatic carbocycles. The summed E-state index contributed by atoms with van der Waals surface area (Å²) in [5.74, 6) is 0. The molecule has 1 atom stereocenters. The zero-order valence-electron chi connectivity index (χ0n) is 7.84. The van der Waals surface area contributed by atoms with E-state index >= 15 is 0 Å². The Hall–Kier alpha value is 0.0400. The van der Waals surface area contributed by atoms with E-state index < -0.39 is 39.0 Å². The third-order valence-electron chi connectivity index (χ3n) is 1.13. The molecule has 1 aliphatic heterocycles. The van der Waals surface area contributed by atoms with Gasteiger partial charge in [-0.3, -0.25) is 0 Å². The molecule has 6 nitrogen and oxygen atoms in total. The lowest BCUT2D eigenvalue weighted by Crippen LogP contribution is -2.24. The summed E-state index contributed by atoms with van der Waals surface area (Å²) in [6, 6.07) is 0. The topological polar surface area (TPSA) is 80.5 Å². The van der Waals surface area contributed by atoms with Crippen LogP contribution < -0.4 is 0 Å². The van der Waals surface area contributed by atoms with Crippen LogP contribution in [0.1, 0.15) is 0 Å². The molecule has 114 valence electrons. The first-order valence-electron chi connectivity index (χ1n) is 3.50. The molecule has 0 amide bonds. The van der Waals surface area contributed by atoms with E-state index in [-0.39, 0.29) is 0 Å². The van der Waals surface area contributed by atoms with E-state index in [4.69, 9.17) is 0 Å². The second-order valence-corrected chi connectivity index (χ2v) is 9.51. The van der Waals surface area contributed by atoms with Crippen LogP contribution in [0.4, 0.5) is 34.2 Å². The minimum Gasteiger partial charge on any atom is -0.189 e. The van der Waals surface area contributed by atoms with E-state index in [0.29, 0.717) is 0 Å². The van der Waals surface area contributed by atoms with E-state index in [2.05, 4.69) is 3.97 Å². The molecular formula is CF8N3O3P3S. The summed E-state index contributed by atoms with van der Waals surface area (Å²) in [6.07, 6.45) is 0. The monoisotopic (exact) mass is 379 g/mol. The number of hydrogen-bond acceptors (Lipinski definition) is 6. The first kappa shape index (κ1) is 17.1. The van der Waals surface area contributed by atoms with Gasteiger partial charge in [-0.05, 0) is 0 Å². The largest absolute Gasteiger partial charge is 0.523 e. The minimum absolute atomic E-state index is 1.49. The zero-order chi connectivity index (χ0) is 15.3. The van der Waals surface area contributed by atoms with Crippen molar-refractivity contribution in [2.45, 2.75) is 5.51 Å². The molecule has 0 aromatic rings. The fourth-order valence-electron chi connectivity index (χ4n) is 0.646. The lowest BCUT2D eigenvalue weighted by atomic mass is 11.6. The molecule has 0 bridgehead atoms. The Morgan fingerprint density at radius 1 is 0.842 bits per heavy atom. The molecule has 0 saturated heterocycles. The Labute approximate surface area is 99.8 Å². The number of hydrogen-bond donors (Lipinski definition) is 0. The van der Waals surface area contributed by atoms with Gasteiger partial charge in [0.2, 0.25) is 0 Å². The summed E-state index contributed by atoms with van der Waals surface area (Å²) in [5.41, 5.74) is -6.20. The minimum atomic E-state index is -6.74. The van der Waals surface area contributed by atoms with E-state index in [0.717, 1.165) is 0 Å². The Balaban J connectivity index is 3.42. The Kier molecular flexibility index (Phi) is 4.07. The van der Waals surface area contributed by atoms with Gasteiger partial charge in [0.1, 0.15) is 0 Å². The van der Waals surface area contributed by atoms with Gasteiger partial charge in [-0.15, -0.1) is 30.3 Å². The first-order chi connectivity index (χ1) is 8.08. The number of halogens is 8. The van der Waals surface area contributed by atoms with Gasteiger partial charge >= 0.3 is 39.0 Å². The maximum Gasteiger partial charge on any atom is 0.523 e. The third-order valence-corrected chi connectivity index (χ3v) is 8.45. The highest BCUT2D eigenvalue weighted by Crippen LogP contribution is 2.82. The van der Waals surface area contributed by atoms with Gasteiger partial charge in [0.05, 0.1) is 0 Å². The van der Waals surface area contributed by atoms with Gasteiger partial charge in [0.25, 0.3) is 0 Å². The maximum atomic E-state index is 13.3. The molecule has 0 fully saturated rings. The molecule has 0 radical (unpaired) electrons. The second-order valence-electron chi connectivity index (χ2n) is 2.63. The van der Waals surface area contributed by atoms with Crippen LogP contribution in [0.25, 0.3) is 0 Å². The normalized spacial score (nSPS) is 29.9. The smallest absolute Gasteiger partial charge is 0.189 e. The maximum absolute atomic E-state index is 13.3. The molecule has 1 unspecified atom stereocenters. The summed E-state index contributed by atoms with van der Waals surface area (Å²) in [5, 5.41) is 0. The number of rotatable bonds is 2. The molecule has 0 aromatic carbocycles. The quantitative estimate of drug-likeness (QED) is 0.358. The van der Waals surface area contributed by atoms with Crippen molar-refractivity contribution in [3.63, 3.8) is 0 Å². The standard InChI is InChI=1S/CF8N3O3P3S/c2-1(3,4)19(13,14)15-18(9)11-16(5,6)10-17(7,8)12-18. The Morgan fingerprint density at radius 3 is 1.63 bits per heavy atom. The highest BCUT2D eigenvalue weighted by atomic mass is 32.2.